The average Bonchev–Trinajstić information content (AvgIpc) is 2.73. The quantitative estimate of drug-likeness (QED) is 0.344. The number of halogens is 1. The van der Waals surface area contributed by atoms with Gasteiger partial charge in [0.2, 0.25) is 0 Å². The highest BCUT2D eigenvalue weighted by atomic mass is 35.5. The molecule has 5 aromatic rings. The van der Waals surface area contributed by atoms with Crippen molar-refractivity contribution < 1.29 is 0 Å². The lowest BCUT2D eigenvalue weighted by atomic mass is 9.94. The van der Waals surface area contributed by atoms with Crippen molar-refractivity contribution in [3.63, 3.8) is 0 Å². The minimum atomic E-state index is 0.423. The molecule has 0 aliphatic rings. The fourth-order valence-corrected chi connectivity index (χ4v) is 3.76. The third-order valence-corrected chi connectivity index (χ3v) is 5.06. The van der Waals surface area contributed by atoms with Gasteiger partial charge in [0.15, 0.2) is 5.15 Å². The second-order valence-corrected chi connectivity index (χ2v) is 6.78. The first-order valence-electron chi connectivity index (χ1n) is 8.81. The van der Waals surface area contributed by atoms with Gasteiger partial charge in [0.1, 0.15) is 5.69 Å². The summed E-state index contributed by atoms with van der Waals surface area (Å²) in [5, 5.41) is 2.71. The zero-order chi connectivity index (χ0) is 18.2. The largest absolute Gasteiger partial charge is 0.243 e. The minimum absolute atomic E-state index is 0.423. The first kappa shape index (κ1) is 16.0. The topological polar surface area (TPSA) is 25.8 Å². The molecule has 128 valence electrons. The van der Waals surface area contributed by atoms with E-state index < -0.39 is 0 Å². The van der Waals surface area contributed by atoms with E-state index in [4.69, 9.17) is 16.6 Å². The van der Waals surface area contributed by atoms with Crippen LogP contribution in [0.4, 0.5) is 0 Å². The number of fused-ring (bicyclic) bond motifs is 2. The van der Waals surface area contributed by atoms with E-state index in [1.807, 2.05) is 36.4 Å². The Bertz CT molecular complexity index is 1280. The first-order chi connectivity index (χ1) is 13.3. The lowest BCUT2D eigenvalue weighted by Crippen LogP contribution is -1.93. The molecule has 0 unspecified atom stereocenters. The summed E-state index contributed by atoms with van der Waals surface area (Å²) in [6.45, 7) is 0. The summed E-state index contributed by atoms with van der Waals surface area (Å²) < 4.78 is 0. The van der Waals surface area contributed by atoms with Crippen LogP contribution in [-0.4, -0.2) is 9.97 Å². The van der Waals surface area contributed by atoms with Crippen LogP contribution in [0.3, 0.4) is 0 Å². The molecule has 0 aliphatic heterocycles. The van der Waals surface area contributed by atoms with E-state index >= 15 is 0 Å². The van der Waals surface area contributed by atoms with Gasteiger partial charge in [0, 0.05) is 5.56 Å². The lowest BCUT2D eigenvalue weighted by Gasteiger charge is -2.12. The molecule has 0 radical (unpaired) electrons. The number of rotatable bonds is 2. The summed E-state index contributed by atoms with van der Waals surface area (Å²) in [4.78, 5) is 9.35. The van der Waals surface area contributed by atoms with Crippen molar-refractivity contribution in [3.05, 3.63) is 96.1 Å². The predicted molar refractivity (Wildman–Crippen MR) is 113 cm³/mol. The normalized spacial score (nSPS) is 11.1. The first-order valence-corrected chi connectivity index (χ1v) is 9.19. The number of benzene rings is 4. The Labute approximate surface area is 162 Å². The van der Waals surface area contributed by atoms with Gasteiger partial charge in [-0.15, -0.1) is 0 Å². The molecule has 0 fully saturated rings. The average molecular weight is 367 g/mol. The van der Waals surface area contributed by atoms with Crippen molar-refractivity contribution >= 4 is 33.4 Å². The van der Waals surface area contributed by atoms with Crippen molar-refractivity contribution in [2.24, 2.45) is 0 Å². The molecule has 0 saturated heterocycles. The van der Waals surface area contributed by atoms with Crippen LogP contribution < -0.4 is 0 Å². The number of para-hydroxylation sites is 2. The number of aromatic nitrogens is 2. The predicted octanol–water partition coefficient (Wildman–Crippen LogP) is 6.77. The van der Waals surface area contributed by atoms with Gasteiger partial charge in [0.05, 0.1) is 11.0 Å². The monoisotopic (exact) mass is 366 g/mol. The standard InChI is InChI=1S/C24H15ClN2/c25-24-23(26-21-12-6-7-13-22(21)27-24)20-15-14-17(16-8-2-1-3-9-16)18-10-4-5-11-19(18)20/h1-15H. The lowest BCUT2D eigenvalue weighted by molar-refractivity contribution is 1.30. The molecule has 0 bridgehead atoms. The van der Waals surface area contributed by atoms with Crippen LogP contribution in [0, 0.1) is 0 Å². The zero-order valence-electron chi connectivity index (χ0n) is 14.4. The number of hydrogen-bond donors (Lipinski definition) is 0. The van der Waals surface area contributed by atoms with Crippen molar-refractivity contribution in [1.82, 2.24) is 9.97 Å². The third kappa shape index (κ3) is 2.75. The Morgan fingerprint density at radius 3 is 1.81 bits per heavy atom. The molecule has 0 saturated carbocycles. The molecule has 0 aliphatic carbocycles. The molecule has 0 amide bonds. The van der Waals surface area contributed by atoms with Gasteiger partial charge in [-0.1, -0.05) is 90.5 Å². The van der Waals surface area contributed by atoms with Gasteiger partial charge in [-0.2, -0.15) is 0 Å². The summed E-state index contributed by atoms with van der Waals surface area (Å²) in [5.74, 6) is 0. The SMILES string of the molecule is Clc1nc2ccccc2nc1-c1ccc(-c2ccccc2)c2ccccc12. The Kier molecular flexibility index (Phi) is 3.84. The smallest absolute Gasteiger partial charge is 0.156 e. The van der Waals surface area contributed by atoms with Crippen LogP contribution in [0.25, 0.3) is 44.2 Å². The molecule has 0 N–H and O–H groups in total. The number of hydrogen-bond acceptors (Lipinski definition) is 2. The van der Waals surface area contributed by atoms with Crippen LogP contribution in [-0.2, 0) is 0 Å². The third-order valence-electron chi connectivity index (χ3n) is 4.79. The van der Waals surface area contributed by atoms with E-state index in [9.17, 15) is 0 Å². The maximum Gasteiger partial charge on any atom is 0.156 e. The highest BCUT2D eigenvalue weighted by Gasteiger charge is 2.14. The van der Waals surface area contributed by atoms with E-state index in [-0.39, 0.29) is 0 Å². The zero-order valence-corrected chi connectivity index (χ0v) is 15.2. The molecule has 0 spiro atoms. The fourth-order valence-electron chi connectivity index (χ4n) is 3.52. The van der Waals surface area contributed by atoms with Crippen molar-refractivity contribution in [3.8, 4) is 22.4 Å². The van der Waals surface area contributed by atoms with Crippen LogP contribution in [0.15, 0.2) is 91.0 Å². The van der Waals surface area contributed by atoms with E-state index in [2.05, 4.69) is 59.6 Å². The summed E-state index contributed by atoms with van der Waals surface area (Å²) in [7, 11) is 0. The Hall–Kier alpha value is -3.23. The maximum atomic E-state index is 6.52. The van der Waals surface area contributed by atoms with Crippen LogP contribution in [0.1, 0.15) is 0 Å². The molecular formula is C24H15ClN2. The number of nitrogens with zero attached hydrogens (tertiary/aromatic N) is 2. The summed E-state index contributed by atoms with van der Waals surface area (Å²) in [6, 6.07) is 30.8. The second kappa shape index (κ2) is 6.49. The molecule has 1 heterocycles. The van der Waals surface area contributed by atoms with Gasteiger partial charge in [-0.3, -0.25) is 0 Å². The van der Waals surface area contributed by atoms with Gasteiger partial charge in [-0.05, 0) is 34.0 Å². The fraction of sp³-hybridized carbons (Fsp3) is 0. The molecule has 5 rings (SSSR count). The molecular weight excluding hydrogens is 352 g/mol. The second-order valence-electron chi connectivity index (χ2n) is 6.42. The summed E-state index contributed by atoms with van der Waals surface area (Å²) >= 11 is 6.52. The van der Waals surface area contributed by atoms with E-state index in [1.165, 1.54) is 16.5 Å². The van der Waals surface area contributed by atoms with Crippen LogP contribution >= 0.6 is 11.6 Å². The van der Waals surface area contributed by atoms with Crippen LogP contribution in [0.2, 0.25) is 5.15 Å². The molecule has 2 nitrogen and oxygen atoms in total. The molecule has 1 aromatic heterocycles. The van der Waals surface area contributed by atoms with Gasteiger partial charge in [-0.25, -0.2) is 9.97 Å². The molecule has 3 heteroatoms. The van der Waals surface area contributed by atoms with Crippen molar-refractivity contribution in [2.45, 2.75) is 0 Å². The Morgan fingerprint density at radius 2 is 1.07 bits per heavy atom. The van der Waals surface area contributed by atoms with E-state index in [1.54, 1.807) is 0 Å². The van der Waals surface area contributed by atoms with E-state index in [0.29, 0.717) is 10.8 Å². The molecule has 27 heavy (non-hydrogen) atoms. The van der Waals surface area contributed by atoms with Crippen molar-refractivity contribution in [2.75, 3.05) is 0 Å². The molecule has 0 atom stereocenters. The highest BCUT2D eigenvalue weighted by molar-refractivity contribution is 6.32. The summed E-state index contributed by atoms with van der Waals surface area (Å²) in [6.07, 6.45) is 0. The summed E-state index contributed by atoms with van der Waals surface area (Å²) in [5.41, 5.74) is 5.74. The molecule has 4 aromatic carbocycles. The minimum Gasteiger partial charge on any atom is -0.243 e. The Balaban J connectivity index is 1.80. The Morgan fingerprint density at radius 1 is 0.519 bits per heavy atom. The van der Waals surface area contributed by atoms with E-state index in [0.717, 1.165) is 22.0 Å². The maximum absolute atomic E-state index is 6.52. The van der Waals surface area contributed by atoms with Gasteiger partial charge >= 0.3 is 0 Å². The van der Waals surface area contributed by atoms with Gasteiger partial charge < -0.3 is 0 Å². The van der Waals surface area contributed by atoms with Crippen molar-refractivity contribution in [1.29, 1.82) is 0 Å². The van der Waals surface area contributed by atoms with Crippen LogP contribution in [0.5, 0.6) is 0 Å². The highest BCUT2D eigenvalue weighted by Crippen LogP contribution is 2.37. The van der Waals surface area contributed by atoms with Gasteiger partial charge in [0.25, 0.3) is 0 Å².